The van der Waals surface area contributed by atoms with Crippen molar-refractivity contribution in [1.82, 2.24) is 10.3 Å². The summed E-state index contributed by atoms with van der Waals surface area (Å²) < 4.78 is 5.58. The highest BCUT2D eigenvalue weighted by Gasteiger charge is 2.16. The molecule has 1 aromatic carbocycles. The molecule has 0 aliphatic carbocycles. The van der Waals surface area contributed by atoms with E-state index in [1.54, 1.807) is 6.26 Å². The molecule has 3 nitrogen and oxygen atoms in total. The van der Waals surface area contributed by atoms with Crippen LogP contribution in [0.5, 0.6) is 0 Å². The molecule has 20 heavy (non-hydrogen) atoms. The maximum absolute atomic E-state index is 5.58. The first kappa shape index (κ1) is 12.9. The normalized spacial score (nSPS) is 12.7. The predicted molar refractivity (Wildman–Crippen MR) is 80.6 cm³/mol. The molecule has 0 amide bonds. The molecular formula is C17H18N2O. The van der Waals surface area contributed by atoms with Gasteiger partial charge in [0.25, 0.3) is 0 Å². The Kier molecular flexibility index (Phi) is 3.79. The minimum atomic E-state index is 0.0922. The van der Waals surface area contributed by atoms with Crippen molar-refractivity contribution in [2.75, 3.05) is 6.54 Å². The molecule has 0 saturated heterocycles. The van der Waals surface area contributed by atoms with E-state index in [2.05, 4.69) is 41.5 Å². The van der Waals surface area contributed by atoms with Gasteiger partial charge in [0.1, 0.15) is 5.76 Å². The van der Waals surface area contributed by atoms with Crippen molar-refractivity contribution < 1.29 is 4.42 Å². The highest BCUT2D eigenvalue weighted by Crippen LogP contribution is 2.25. The summed E-state index contributed by atoms with van der Waals surface area (Å²) in [5.41, 5.74) is 2.22. The predicted octanol–water partition coefficient (Wildman–Crippen LogP) is 3.92. The summed E-state index contributed by atoms with van der Waals surface area (Å²) in [6, 6.07) is 14.4. The largest absolute Gasteiger partial charge is 0.467 e. The molecule has 0 aliphatic heterocycles. The van der Waals surface area contributed by atoms with E-state index in [0.29, 0.717) is 0 Å². The van der Waals surface area contributed by atoms with Crippen molar-refractivity contribution >= 4 is 10.9 Å². The smallest absolute Gasteiger partial charge is 0.125 e. The number of hydrogen-bond donors (Lipinski definition) is 1. The minimum absolute atomic E-state index is 0.0922. The van der Waals surface area contributed by atoms with Crippen LogP contribution in [-0.2, 0) is 0 Å². The van der Waals surface area contributed by atoms with Gasteiger partial charge in [-0.1, -0.05) is 19.1 Å². The number of nitrogens with zero attached hydrogens (tertiary/aromatic N) is 1. The van der Waals surface area contributed by atoms with E-state index < -0.39 is 0 Å². The molecule has 102 valence electrons. The van der Waals surface area contributed by atoms with E-state index >= 15 is 0 Å². The van der Waals surface area contributed by atoms with Crippen LogP contribution in [0.4, 0.5) is 0 Å². The van der Waals surface area contributed by atoms with E-state index in [1.807, 2.05) is 24.4 Å². The maximum Gasteiger partial charge on any atom is 0.125 e. The average molecular weight is 266 g/mol. The van der Waals surface area contributed by atoms with E-state index in [1.165, 1.54) is 5.56 Å². The summed E-state index contributed by atoms with van der Waals surface area (Å²) in [5, 5.41) is 4.69. The molecule has 1 N–H and O–H groups in total. The third kappa shape index (κ3) is 2.58. The number of rotatable bonds is 5. The zero-order valence-corrected chi connectivity index (χ0v) is 11.5. The van der Waals surface area contributed by atoms with E-state index in [4.69, 9.17) is 4.42 Å². The van der Waals surface area contributed by atoms with Crippen LogP contribution in [-0.4, -0.2) is 11.5 Å². The molecular weight excluding hydrogens is 248 g/mol. The van der Waals surface area contributed by atoms with Crippen molar-refractivity contribution in [1.29, 1.82) is 0 Å². The number of aromatic nitrogens is 1. The Morgan fingerprint density at radius 2 is 2.15 bits per heavy atom. The standard InChI is InChI=1S/C17H18N2O/c1-2-9-19-17(16-6-4-11-20-16)14-7-8-15-13(12-14)5-3-10-18-15/h3-8,10-12,17,19H,2,9H2,1H3. The molecule has 2 heterocycles. The molecule has 1 unspecified atom stereocenters. The van der Waals surface area contributed by atoms with Gasteiger partial charge in [-0.05, 0) is 48.9 Å². The lowest BCUT2D eigenvalue weighted by Crippen LogP contribution is -2.22. The second-order valence-electron chi connectivity index (χ2n) is 4.86. The van der Waals surface area contributed by atoms with Gasteiger partial charge in [0.15, 0.2) is 0 Å². The number of fused-ring (bicyclic) bond motifs is 1. The van der Waals surface area contributed by atoms with Crippen LogP contribution in [0.3, 0.4) is 0 Å². The number of furan rings is 1. The van der Waals surface area contributed by atoms with Crippen LogP contribution >= 0.6 is 0 Å². The molecule has 0 aliphatic rings. The number of nitrogens with one attached hydrogen (secondary N) is 1. The number of benzene rings is 1. The van der Waals surface area contributed by atoms with Gasteiger partial charge in [0.2, 0.25) is 0 Å². The monoisotopic (exact) mass is 266 g/mol. The van der Waals surface area contributed by atoms with Crippen LogP contribution in [0.2, 0.25) is 0 Å². The Balaban J connectivity index is 1.99. The molecule has 3 heteroatoms. The van der Waals surface area contributed by atoms with Crippen molar-refractivity contribution in [2.24, 2.45) is 0 Å². The Morgan fingerprint density at radius 1 is 1.20 bits per heavy atom. The summed E-state index contributed by atoms with van der Waals surface area (Å²) >= 11 is 0. The molecule has 0 spiro atoms. The van der Waals surface area contributed by atoms with Crippen molar-refractivity contribution in [3.63, 3.8) is 0 Å². The number of hydrogen-bond acceptors (Lipinski definition) is 3. The Labute approximate surface area is 118 Å². The van der Waals surface area contributed by atoms with Gasteiger partial charge < -0.3 is 9.73 Å². The lowest BCUT2D eigenvalue weighted by molar-refractivity contribution is 0.447. The summed E-state index contributed by atoms with van der Waals surface area (Å²) in [6.07, 6.45) is 4.63. The lowest BCUT2D eigenvalue weighted by Gasteiger charge is -2.17. The second-order valence-corrected chi connectivity index (χ2v) is 4.86. The van der Waals surface area contributed by atoms with Gasteiger partial charge in [0, 0.05) is 11.6 Å². The molecule has 0 bridgehead atoms. The third-order valence-corrected chi connectivity index (χ3v) is 3.39. The van der Waals surface area contributed by atoms with Crippen LogP contribution in [0.25, 0.3) is 10.9 Å². The summed E-state index contributed by atoms with van der Waals surface area (Å²) in [4.78, 5) is 4.36. The first-order valence-electron chi connectivity index (χ1n) is 7.00. The topological polar surface area (TPSA) is 38.1 Å². The SMILES string of the molecule is CCCNC(c1ccc2ncccc2c1)c1ccco1. The fourth-order valence-corrected chi connectivity index (χ4v) is 2.40. The van der Waals surface area contributed by atoms with Crippen LogP contribution < -0.4 is 5.32 Å². The fraction of sp³-hybridized carbons (Fsp3) is 0.235. The van der Waals surface area contributed by atoms with Gasteiger partial charge in [-0.15, -0.1) is 0 Å². The molecule has 0 radical (unpaired) electrons. The molecule has 1 atom stereocenters. The lowest BCUT2D eigenvalue weighted by atomic mass is 10.0. The molecule has 3 aromatic rings. The molecule has 3 rings (SSSR count). The van der Waals surface area contributed by atoms with Crippen molar-refractivity contribution in [2.45, 2.75) is 19.4 Å². The fourth-order valence-electron chi connectivity index (χ4n) is 2.40. The average Bonchev–Trinajstić information content (AvgIpc) is 3.02. The third-order valence-electron chi connectivity index (χ3n) is 3.39. The zero-order valence-electron chi connectivity index (χ0n) is 11.5. The van der Waals surface area contributed by atoms with Gasteiger partial charge in [-0.25, -0.2) is 0 Å². The Bertz CT molecular complexity index is 676. The van der Waals surface area contributed by atoms with Crippen LogP contribution in [0, 0.1) is 0 Å². The van der Waals surface area contributed by atoms with Crippen LogP contribution in [0.15, 0.2) is 59.3 Å². The Hall–Kier alpha value is -2.13. The van der Waals surface area contributed by atoms with E-state index in [0.717, 1.165) is 29.6 Å². The van der Waals surface area contributed by atoms with Gasteiger partial charge >= 0.3 is 0 Å². The van der Waals surface area contributed by atoms with Crippen molar-refractivity contribution in [3.8, 4) is 0 Å². The Morgan fingerprint density at radius 3 is 2.95 bits per heavy atom. The molecule has 0 fully saturated rings. The summed E-state index contributed by atoms with van der Waals surface area (Å²) in [7, 11) is 0. The minimum Gasteiger partial charge on any atom is -0.467 e. The van der Waals surface area contributed by atoms with E-state index in [9.17, 15) is 0 Å². The summed E-state index contributed by atoms with van der Waals surface area (Å²) in [5.74, 6) is 0.946. The zero-order chi connectivity index (χ0) is 13.8. The maximum atomic E-state index is 5.58. The highest BCUT2D eigenvalue weighted by atomic mass is 16.3. The van der Waals surface area contributed by atoms with Gasteiger partial charge in [-0.3, -0.25) is 4.98 Å². The first-order chi connectivity index (χ1) is 9.88. The molecule has 0 saturated carbocycles. The quantitative estimate of drug-likeness (QED) is 0.760. The highest BCUT2D eigenvalue weighted by molar-refractivity contribution is 5.79. The number of pyridine rings is 1. The summed E-state index contributed by atoms with van der Waals surface area (Å²) in [6.45, 7) is 3.12. The van der Waals surface area contributed by atoms with E-state index in [-0.39, 0.29) is 6.04 Å². The van der Waals surface area contributed by atoms with Gasteiger partial charge in [0.05, 0.1) is 17.8 Å². The molecule has 2 aromatic heterocycles. The van der Waals surface area contributed by atoms with Crippen molar-refractivity contribution in [3.05, 3.63) is 66.2 Å². The first-order valence-corrected chi connectivity index (χ1v) is 7.00. The second kappa shape index (κ2) is 5.88. The van der Waals surface area contributed by atoms with Gasteiger partial charge in [-0.2, -0.15) is 0 Å². The van der Waals surface area contributed by atoms with Crippen LogP contribution in [0.1, 0.15) is 30.7 Å².